The van der Waals surface area contributed by atoms with Crippen molar-refractivity contribution >= 4 is 21.4 Å². The van der Waals surface area contributed by atoms with Crippen LogP contribution in [-0.4, -0.2) is 37.2 Å². The van der Waals surface area contributed by atoms with Crippen molar-refractivity contribution in [1.82, 2.24) is 4.98 Å². The Labute approximate surface area is 116 Å². The third-order valence-corrected chi connectivity index (χ3v) is 4.24. The first-order valence-corrected chi connectivity index (χ1v) is 7.92. The molecule has 0 unspecified atom stereocenters. The van der Waals surface area contributed by atoms with Gasteiger partial charge in [-0.3, -0.25) is 15.1 Å². The summed E-state index contributed by atoms with van der Waals surface area (Å²) in [5.74, 6) is -0.200. The highest BCUT2D eigenvalue weighted by atomic mass is 32.2. The highest BCUT2D eigenvalue weighted by Gasteiger charge is 2.27. The summed E-state index contributed by atoms with van der Waals surface area (Å²) in [6, 6.07) is 1.58. The molecule has 0 amide bonds. The summed E-state index contributed by atoms with van der Waals surface area (Å²) in [5, 5.41) is 16.1. The van der Waals surface area contributed by atoms with Crippen LogP contribution >= 0.6 is 0 Å². The molecule has 2 N–H and O–H groups in total. The molecule has 9 heteroatoms. The second kappa shape index (κ2) is 5.71. The number of piperidine rings is 1. The minimum atomic E-state index is -3.53. The lowest BCUT2D eigenvalue weighted by Gasteiger charge is -2.33. The molecule has 8 nitrogen and oxygen atoms in total. The normalized spacial score (nSPS) is 19.9. The van der Waals surface area contributed by atoms with Gasteiger partial charge in [0, 0.05) is 19.3 Å². The van der Waals surface area contributed by atoms with E-state index < -0.39 is 14.9 Å². The summed E-state index contributed by atoms with van der Waals surface area (Å²) in [7, 11) is -3.53. The van der Waals surface area contributed by atoms with Gasteiger partial charge in [0.05, 0.1) is 10.7 Å². The molecule has 1 aliphatic heterocycles. The molecule has 0 saturated carbocycles. The summed E-state index contributed by atoms with van der Waals surface area (Å²) < 4.78 is 22.3. The SMILES string of the molecule is NS(=O)(=O)C[C@@H]1CCCN(c2ccncc2[N+](=O)[O-])C1. The van der Waals surface area contributed by atoms with Crippen molar-refractivity contribution in [2.24, 2.45) is 11.1 Å². The van der Waals surface area contributed by atoms with E-state index in [1.54, 1.807) is 6.07 Å². The molecule has 0 aliphatic carbocycles. The maximum absolute atomic E-state index is 11.2. The van der Waals surface area contributed by atoms with E-state index in [2.05, 4.69) is 4.98 Å². The number of nitrogens with two attached hydrogens (primary N) is 1. The smallest absolute Gasteiger partial charge is 0.310 e. The number of rotatable bonds is 4. The second-order valence-electron chi connectivity index (χ2n) is 4.91. The fourth-order valence-electron chi connectivity index (χ4n) is 2.54. The molecular weight excluding hydrogens is 284 g/mol. The number of nitrogens with zero attached hydrogens (tertiary/aromatic N) is 3. The monoisotopic (exact) mass is 300 g/mol. The number of nitro groups is 1. The van der Waals surface area contributed by atoms with Gasteiger partial charge in [-0.25, -0.2) is 13.6 Å². The summed E-state index contributed by atoms with van der Waals surface area (Å²) >= 11 is 0. The molecule has 1 aliphatic rings. The van der Waals surface area contributed by atoms with Gasteiger partial charge < -0.3 is 4.90 Å². The van der Waals surface area contributed by atoms with E-state index in [4.69, 9.17) is 5.14 Å². The van der Waals surface area contributed by atoms with Crippen LogP contribution in [0.1, 0.15) is 12.8 Å². The summed E-state index contributed by atoms with van der Waals surface area (Å²) in [6.45, 7) is 1.10. The number of hydrogen-bond donors (Lipinski definition) is 1. The van der Waals surface area contributed by atoms with Gasteiger partial charge in [0.15, 0.2) is 0 Å². The Morgan fingerprint density at radius 3 is 2.95 bits per heavy atom. The van der Waals surface area contributed by atoms with E-state index in [1.807, 2.05) is 4.90 Å². The van der Waals surface area contributed by atoms with Crippen LogP contribution in [0.25, 0.3) is 0 Å². The van der Waals surface area contributed by atoms with Gasteiger partial charge in [-0.1, -0.05) is 0 Å². The van der Waals surface area contributed by atoms with Gasteiger partial charge in [0.1, 0.15) is 11.9 Å². The van der Waals surface area contributed by atoms with Crippen LogP contribution in [0.15, 0.2) is 18.5 Å². The first-order chi connectivity index (χ1) is 9.37. The van der Waals surface area contributed by atoms with Crippen LogP contribution in [0.3, 0.4) is 0 Å². The molecule has 1 aromatic heterocycles. The van der Waals surface area contributed by atoms with Crippen LogP contribution in [0.5, 0.6) is 0 Å². The molecule has 0 radical (unpaired) electrons. The van der Waals surface area contributed by atoms with Crippen molar-refractivity contribution in [2.75, 3.05) is 23.7 Å². The molecule has 2 heterocycles. The van der Waals surface area contributed by atoms with Crippen LogP contribution in [0, 0.1) is 16.0 Å². The standard InChI is InChI=1S/C11H16N4O4S/c12-20(18,19)8-9-2-1-5-14(7-9)10-3-4-13-6-11(10)15(16)17/h3-4,6,9H,1-2,5,7-8H2,(H2,12,18,19)/t9-/m1/s1. The lowest BCUT2D eigenvalue weighted by molar-refractivity contribution is -0.384. The first-order valence-electron chi connectivity index (χ1n) is 6.20. The van der Waals surface area contributed by atoms with Gasteiger partial charge in [-0.15, -0.1) is 0 Å². The van der Waals surface area contributed by atoms with E-state index >= 15 is 0 Å². The molecule has 0 aromatic carbocycles. The summed E-state index contributed by atoms with van der Waals surface area (Å²) in [4.78, 5) is 16.1. The molecule has 1 saturated heterocycles. The Morgan fingerprint density at radius 1 is 1.55 bits per heavy atom. The van der Waals surface area contributed by atoms with Crippen molar-refractivity contribution in [3.05, 3.63) is 28.6 Å². The Bertz CT molecular complexity index is 604. The van der Waals surface area contributed by atoms with E-state index in [0.717, 1.165) is 12.8 Å². The fraction of sp³-hybridized carbons (Fsp3) is 0.545. The predicted molar refractivity (Wildman–Crippen MR) is 73.8 cm³/mol. The zero-order valence-corrected chi connectivity index (χ0v) is 11.6. The molecule has 20 heavy (non-hydrogen) atoms. The molecule has 110 valence electrons. The van der Waals surface area contributed by atoms with Crippen LogP contribution in [0.2, 0.25) is 0 Å². The Hall–Kier alpha value is -1.74. The van der Waals surface area contributed by atoms with Crippen molar-refractivity contribution in [1.29, 1.82) is 0 Å². The number of pyridine rings is 1. The van der Waals surface area contributed by atoms with Gasteiger partial charge in [0.2, 0.25) is 10.0 Å². The van der Waals surface area contributed by atoms with Gasteiger partial charge in [-0.2, -0.15) is 0 Å². The maximum Gasteiger partial charge on any atom is 0.310 e. The molecule has 1 atom stereocenters. The third kappa shape index (κ3) is 3.64. The van der Waals surface area contributed by atoms with E-state index in [0.29, 0.717) is 18.8 Å². The van der Waals surface area contributed by atoms with Crippen molar-refractivity contribution in [3.8, 4) is 0 Å². The van der Waals surface area contributed by atoms with Gasteiger partial charge in [0.25, 0.3) is 0 Å². The fourth-order valence-corrected chi connectivity index (χ4v) is 3.46. The van der Waals surface area contributed by atoms with E-state index in [1.165, 1.54) is 12.4 Å². The van der Waals surface area contributed by atoms with Crippen LogP contribution in [-0.2, 0) is 10.0 Å². The largest absolute Gasteiger partial charge is 0.366 e. The van der Waals surface area contributed by atoms with Gasteiger partial charge >= 0.3 is 5.69 Å². The lowest BCUT2D eigenvalue weighted by atomic mass is 9.99. The molecule has 1 fully saturated rings. The maximum atomic E-state index is 11.2. The van der Waals surface area contributed by atoms with Crippen LogP contribution < -0.4 is 10.0 Å². The number of hydrogen-bond acceptors (Lipinski definition) is 6. The van der Waals surface area contributed by atoms with E-state index in [-0.39, 0.29) is 17.4 Å². The number of sulfonamides is 1. The highest BCUT2D eigenvalue weighted by Crippen LogP contribution is 2.30. The number of aromatic nitrogens is 1. The lowest BCUT2D eigenvalue weighted by Crippen LogP contribution is -2.39. The topological polar surface area (TPSA) is 119 Å². The Kier molecular flexibility index (Phi) is 4.19. The number of anilines is 1. The van der Waals surface area contributed by atoms with Crippen LogP contribution in [0.4, 0.5) is 11.4 Å². The minimum Gasteiger partial charge on any atom is -0.366 e. The van der Waals surface area contributed by atoms with Crippen molar-refractivity contribution < 1.29 is 13.3 Å². The minimum absolute atomic E-state index is 0.0660. The second-order valence-corrected chi connectivity index (χ2v) is 6.56. The molecule has 2 rings (SSSR count). The summed E-state index contributed by atoms with van der Waals surface area (Å²) in [6.07, 6.45) is 4.23. The third-order valence-electron chi connectivity index (χ3n) is 3.30. The average molecular weight is 300 g/mol. The highest BCUT2D eigenvalue weighted by molar-refractivity contribution is 7.89. The first kappa shape index (κ1) is 14.7. The van der Waals surface area contributed by atoms with Crippen molar-refractivity contribution in [2.45, 2.75) is 12.8 Å². The average Bonchev–Trinajstić information content (AvgIpc) is 2.37. The molecule has 0 bridgehead atoms. The Balaban J connectivity index is 2.19. The zero-order valence-electron chi connectivity index (χ0n) is 10.8. The zero-order chi connectivity index (χ0) is 14.8. The molecule has 1 aromatic rings. The molecule has 0 spiro atoms. The summed E-state index contributed by atoms with van der Waals surface area (Å²) in [5.41, 5.74) is 0.410. The Morgan fingerprint density at radius 2 is 2.30 bits per heavy atom. The molecular formula is C11H16N4O4S. The quantitative estimate of drug-likeness (QED) is 0.638. The number of primary sulfonamides is 1. The van der Waals surface area contributed by atoms with E-state index in [9.17, 15) is 18.5 Å². The predicted octanol–water partition coefficient (Wildman–Crippen LogP) is 0.495. The van der Waals surface area contributed by atoms with Crippen molar-refractivity contribution in [3.63, 3.8) is 0 Å². The van der Waals surface area contributed by atoms with Gasteiger partial charge in [-0.05, 0) is 24.8 Å².